The van der Waals surface area contributed by atoms with Gasteiger partial charge in [0.2, 0.25) is 0 Å². The smallest absolute Gasteiger partial charge is 0.255 e. The molecule has 0 saturated carbocycles. The quantitative estimate of drug-likeness (QED) is 0.735. The molecule has 0 N–H and O–H groups in total. The van der Waals surface area contributed by atoms with Crippen molar-refractivity contribution in [3.05, 3.63) is 59.8 Å². The van der Waals surface area contributed by atoms with Gasteiger partial charge in [-0.05, 0) is 47.4 Å². The first-order valence-corrected chi connectivity index (χ1v) is 8.81. The minimum Gasteiger partial charge on any atom is -0.335 e. The lowest BCUT2D eigenvalue weighted by Gasteiger charge is -2.31. The van der Waals surface area contributed by atoms with Gasteiger partial charge < -0.3 is 4.90 Å². The lowest BCUT2D eigenvalue weighted by Crippen LogP contribution is -2.39. The summed E-state index contributed by atoms with van der Waals surface area (Å²) in [5.74, 6) is 0.429. The number of tetrazole rings is 1. The van der Waals surface area contributed by atoms with E-state index in [1.165, 1.54) is 5.56 Å². The molecule has 6 heteroatoms. The van der Waals surface area contributed by atoms with Gasteiger partial charge in [0.25, 0.3) is 5.91 Å². The van der Waals surface area contributed by atoms with Gasteiger partial charge in [0, 0.05) is 24.7 Å². The number of amides is 1. The molecular weight excluding hydrogens is 314 g/mol. The molecule has 0 bridgehead atoms. The number of nitrogens with zero attached hydrogens (tertiary/aromatic N) is 5. The zero-order chi connectivity index (χ0) is 17.2. The van der Waals surface area contributed by atoms with E-state index in [4.69, 9.17) is 0 Å². The number of fused-ring (bicyclic) bond motifs is 1. The molecule has 3 heterocycles. The topological polar surface area (TPSA) is 63.4 Å². The van der Waals surface area contributed by atoms with Gasteiger partial charge in [-0.15, -0.1) is 5.10 Å². The molecule has 1 aliphatic rings. The highest BCUT2D eigenvalue weighted by atomic mass is 16.2. The van der Waals surface area contributed by atoms with Gasteiger partial charge in [-0.25, -0.2) is 0 Å². The maximum Gasteiger partial charge on any atom is 0.255 e. The minimum atomic E-state index is 0.0641. The van der Waals surface area contributed by atoms with Gasteiger partial charge in [0.15, 0.2) is 5.65 Å². The Balaban J connectivity index is 1.62. The molecular formula is C19H21N5O. The second-order valence-corrected chi connectivity index (χ2v) is 6.53. The molecule has 1 aliphatic heterocycles. The van der Waals surface area contributed by atoms with Crippen LogP contribution >= 0.6 is 0 Å². The van der Waals surface area contributed by atoms with Crippen molar-refractivity contribution in [2.75, 3.05) is 6.54 Å². The molecule has 25 heavy (non-hydrogen) atoms. The summed E-state index contributed by atoms with van der Waals surface area (Å²) in [5, 5.41) is 11.4. The molecule has 4 rings (SSSR count). The first-order valence-electron chi connectivity index (χ1n) is 8.81. The average molecular weight is 335 g/mol. The van der Waals surface area contributed by atoms with E-state index in [9.17, 15) is 4.79 Å². The van der Waals surface area contributed by atoms with E-state index in [0.717, 1.165) is 25.8 Å². The van der Waals surface area contributed by atoms with Crippen LogP contribution in [0.2, 0.25) is 0 Å². The molecule has 0 spiro atoms. The number of carbonyl (C=O) groups excluding carboxylic acids is 1. The molecule has 0 unspecified atom stereocenters. The van der Waals surface area contributed by atoms with Crippen LogP contribution in [0.3, 0.4) is 0 Å². The summed E-state index contributed by atoms with van der Waals surface area (Å²) in [4.78, 5) is 15.2. The molecule has 1 saturated heterocycles. The normalized spacial score (nSPS) is 18.6. The Hall–Kier alpha value is -2.76. The summed E-state index contributed by atoms with van der Waals surface area (Å²) < 4.78 is 1.55. The Morgan fingerprint density at radius 3 is 2.88 bits per heavy atom. The molecule has 128 valence electrons. The standard InChI is InChI=1S/C19H21N5O/c1-2-16(14-7-4-3-5-8-14)17-9-6-12-23(17)19(25)15-10-11-18-20-21-22-24(18)13-15/h3-5,7-8,10-11,13,16-17H,2,6,9,12H2,1H3/t16-,17+/m0/s1. The van der Waals surface area contributed by atoms with Crippen molar-refractivity contribution >= 4 is 11.6 Å². The van der Waals surface area contributed by atoms with Gasteiger partial charge in [0.05, 0.1) is 5.56 Å². The monoisotopic (exact) mass is 335 g/mol. The highest BCUT2D eigenvalue weighted by Gasteiger charge is 2.35. The van der Waals surface area contributed by atoms with E-state index < -0.39 is 0 Å². The maximum atomic E-state index is 13.1. The highest BCUT2D eigenvalue weighted by molar-refractivity contribution is 5.94. The van der Waals surface area contributed by atoms with Crippen LogP contribution in [0.5, 0.6) is 0 Å². The number of aromatic nitrogens is 4. The van der Waals surface area contributed by atoms with Crippen LogP contribution in [-0.2, 0) is 0 Å². The zero-order valence-corrected chi connectivity index (χ0v) is 14.2. The second-order valence-electron chi connectivity index (χ2n) is 6.53. The van der Waals surface area contributed by atoms with Gasteiger partial charge in [-0.3, -0.25) is 4.79 Å². The molecule has 2 atom stereocenters. The van der Waals surface area contributed by atoms with E-state index in [2.05, 4.69) is 46.7 Å². The molecule has 2 aromatic heterocycles. The van der Waals surface area contributed by atoms with Gasteiger partial charge in [0.1, 0.15) is 0 Å². The van der Waals surface area contributed by atoms with Crippen LogP contribution < -0.4 is 0 Å². The SMILES string of the molecule is CC[C@@H](c1ccccc1)[C@H]1CCCN1C(=O)c1ccc2nnnn2c1. The van der Waals surface area contributed by atoms with Crippen LogP contribution in [0.25, 0.3) is 5.65 Å². The predicted molar refractivity (Wildman–Crippen MR) is 94.3 cm³/mol. The molecule has 6 nitrogen and oxygen atoms in total. The summed E-state index contributed by atoms with van der Waals surface area (Å²) in [6, 6.07) is 14.4. The lowest BCUT2D eigenvalue weighted by molar-refractivity contribution is 0.0714. The number of hydrogen-bond acceptors (Lipinski definition) is 4. The van der Waals surface area contributed by atoms with Gasteiger partial charge >= 0.3 is 0 Å². The number of rotatable bonds is 4. The van der Waals surface area contributed by atoms with E-state index >= 15 is 0 Å². The molecule has 1 aromatic carbocycles. The van der Waals surface area contributed by atoms with Crippen LogP contribution in [0.1, 0.15) is 48.0 Å². The summed E-state index contributed by atoms with van der Waals surface area (Å²) >= 11 is 0. The van der Waals surface area contributed by atoms with E-state index in [0.29, 0.717) is 17.1 Å². The first-order chi connectivity index (χ1) is 12.3. The van der Waals surface area contributed by atoms with Crippen LogP contribution in [0.15, 0.2) is 48.7 Å². The fraction of sp³-hybridized carbons (Fsp3) is 0.368. The Kier molecular flexibility index (Phi) is 4.17. The van der Waals surface area contributed by atoms with Crippen molar-refractivity contribution in [2.45, 2.75) is 38.1 Å². The van der Waals surface area contributed by atoms with Gasteiger partial charge in [-0.2, -0.15) is 4.52 Å². The van der Waals surface area contributed by atoms with Crippen LogP contribution in [-0.4, -0.2) is 43.4 Å². The van der Waals surface area contributed by atoms with Crippen molar-refractivity contribution in [3.63, 3.8) is 0 Å². The van der Waals surface area contributed by atoms with Crippen LogP contribution in [0.4, 0.5) is 0 Å². The maximum absolute atomic E-state index is 13.1. The van der Waals surface area contributed by atoms with E-state index in [1.54, 1.807) is 16.8 Å². The fourth-order valence-corrected chi connectivity index (χ4v) is 3.93. The zero-order valence-electron chi connectivity index (χ0n) is 14.2. The lowest BCUT2D eigenvalue weighted by atomic mass is 9.87. The number of hydrogen-bond donors (Lipinski definition) is 0. The molecule has 0 aliphatic carbocycles. The molecule has 1 fully saturated rings. The molecule has 0 radical (unpaired) electrons. The average Bonchev–Trinajstić information content (AvgIpc) is 3.31. The number of pyridine rings is 1. The predicted octanol–water partition coefficient (Wildman–Crippen LogP) is 2.92. The van der Waals surface area contributed by atoms with Crippen molar-refractivity contribution in [1.29, 1.82) is 0 Å². The summed E-state index contributed by atoms with van der Waals surface area (Å²) in [6.07, 6.45) is 4.83. The number of benzene rings is 1. The van der Waals surface area contributed by atoms with E-state index in [-0.39, 0.29) is 11.9 Å². The van der Waals surface area contributed by atoms with Crippen molar-refractivity contribution < 1.29 is 4.79 Å². The van der Waals surface area contributed by atoms with E-state index in [1.807, 2.05) is 17.0 Å². The van der Waals surface area contributed by atoms with Crippen molar-refractivity contribution in [2.24, 2.45) is 0 Å². The largest absolute Gasteiger partial charge is 0.335 e. The number of likely N-dealkylation sites (tertiary alicyclic amines) is 1. The third-order valence-corrected chi connectivity index (χ3v) is 5.13. The third kappa shape index (κ3) is 2.88. The highest BCUT2D eigenvalue weighted by Crippen LogP contribution is 2.34. The van der Waals surface area contributed by atoms with Crippen molar-refractivity contribution in [3.8, 4) is 0 Å². The Morgan fingerprint density at radius 1 is 1.24 bits per heavy atom. The van der Waals surface area contributed by atoms with Crippen LogP contribution in [0, 0.1) is 0 Å². The number of carbonyl (C=O) groups is 1. The molecule has 3 aromatic rings. The third-order valence-electron chi connectivity index (χ3n) is 5.13. The first kappa shape index (κ1) is 15.7. The van der Waals surface area contributed by atoms with Crippen molar-refractivity contribution in [1.82, 2.24) is 24.9 Å². The fourth-order valence-electron chi connectivity index (χ4n) is 3.93. The summed E-state index contributed by atoms with van der Waals surface area (Å²) in [6.45, 7) is 3.01. The van der Waals surface area contributed by atoms with Gasteiger partial charge in [-0.1, -0.05) is 37.3 Å². The molecule has 1 amide bonds. The summed E-state index contributed by atoms with van der Waals surface area (Å²) in [7, 11) is 0. The Labute approximate surface area is 146 Å². The Morgan fingerprint density at radius 2 is 2.08 bits per heavy atom. The Bertz CT molecular complexity index is 876. The minimum absolute atomic E-state index is 0.0641. The summed E-state index contributed by atoms with van der Waals surface area (Å²) in [5.41, 5.74) is 2.59. The second kappa shape index (κ2) is 6.63.